The standard InChI is InChI=1S/C16H24N4O2/c1-18(2)14-6-4-13(5-7-14)16(22)17-12-15(21)20-10-8-19(3)9-11-20/h4-7H,8-12H2,1-3H3,(H,17,22). The fourth-order valence-corrected chi connectivity index (χ4v) is 2.34. The van der Waals surface area contributed by atoms with E-state index in [0.717, 1.165) is 31.9 Å². The Hall–Kier alpha value is -2.08. The lowest BCUT2D eigenvalue weighted by Gasteiger charge is -2.32. The lowest BCUT2D eigenvalue weighted by molar-refractivity contribution is -0.131. The fourth-order valence-electron chi connectivity index (χ4n) is 2.34. The van der Waals surface area contributed by atoms with E-state index < -0.39 is 0 Å². The largest absolute Gasteiger partial charge is 0.378 e. The number of carbonyl (C=O) groups excluding carboxylic acids is 2. The van der Waals surface area contributed by atoms with Crippen molar-refractivity contribution in [1.29, 1.82) is 0 Å². The van der Waals surface area contributed by atoms with Crippen molar-refractivity contribution < 1.29 is 9.59 Å². The molecule has 1 aromatic carbocycles. The van der Waals surface area contributed by atoms with Crippen LogP contribution in [0.3, 0.4) is 0 Å². The maximum Gasteiger partial charge on any atom is 0.251 e. The molecule has 0 saturated carbocycles. The van der Waals surface area contributed by atoms with E-state index in [1.807, 2.05) is 38.2 Å². The van der Waals surface area contributed by atoms with Gasteiger partial charge < -0.3 is 20.0 Å². The molecule has 0 aromatic heterocycles. The number of hydrogen-bond donors (Lipinski definition) is 1. The molecule has 1 fully saturated rings. The Labute approximate surface area is 131 Å². The smallest absolute Gasteiger partial charge is 0.251 e. The highest BCUT2D eigenvalue weighted by Crippen LogP contribution is 2.12. The van der Waals surface area contributed by atoms with Gasteiger partial charge in [0.25, 0.3) is 5.91 Å². The van der Waals surface area contributed by atoms with Crippen LogP contribution in [0, 0.1) is 0 Å². The normalized spacial score (nSPS) is 15.5. The highest BCUT2D eigenvalue weighted by atomic mass is 16.2. The summed E-state index contributed by atoms with van der Waals surface area (Å²) in [6, 6.07) is 7.31. The van der Waals surface area contributed by atoms with Crippen LogP contribution < -0.4 is 10.2 Å². The first kappa shape index (κ1) is 16.3. The predicted molar refractivity (Wildman–Crippen MR) is 87.2 cm³/mol. The molecule has 0 atom stereocenters. The van der Waals surface area contributed by atoms with Gasteiger partial charge in [-0.2, -0.15) is 0 Å². The van der Waals surface area contributed by atoms with Crippen LogP contribution in [0.1, 0.15) is 10.4 Å². The van der Waals surface area contributed by atoms with Gasteiger partial charge in [0, 0.05) is 51.5 Å². The summed E-state index contributed by atoms with van der Waals surface area (Å²) in [5, 5.41) is 2.70. The summed E-state index contributed by atoms with van der Waals surface area (Å²) in [5.74, 6) is -0.237. The van der Waals surface area contributed by atoms with E-state index in [9.17, 15) is 9.59 Å². The number of piperazine rings is 1. The lowest BCUT2D eigenvalue weighted by atomic mass is 10.2. The van der Waals surface area contributed by atoms with Crippen LogP contribution in [0.25, 0.3) is 0 Å². The van der Waals surface area contributed by atoms with Crippen molar-refractivity contribution in [1.82, 2.24) is 15.1 Å². The summed E-state index contributed by atoms with van der Waals surface area (Å²) in [4.78, 5) is 30.1. The summed E-state index contributed by atoms with van der Waals surface area (Å²) in [6.45, 7) is 3.26. The number of amides is 2. The molecule has 0 spiro atoms. The minimum absolute atomic E-state index is 0.0219. The first-order chi connectivity index (χ1) is 10.5. The molecule has 6 heteroatoms. The van der Waals surface area contributed by atoms with Gasteiger partial charge in [0.2, 0.25) is 5.91 Å². The number of likely N-dealkylation sites (N-methyl/N-ethyl adjacent to an activating group) is 1. The second kappa shape index (κ2) is 7.26. The Bertz CT molecular complexity index is 519. The number of hydrogen-bond acceptors (Lipinski definition) is 4. The number of benzene rings is 1. The van der Waals surface area contributed by atoms with E-state index in [-0.39, 0.29) is 18.4 Å². The molecule has 2 amide bonds. The zero-order valence-electron chi connectivity index (χ0n) is 13.5. The summed E-state index contributed by atoms with van der Waals surface area (Å²) in [7, 11) is 5.94. The molecule has 6 nitrogen and oxygen atoms in total. The SMILES string of the molecule is CN1CCN(C(=O)CNC(=O)c2ccc(N(C)C)cc2)CC1. The molecule has 0 bridgehead atoms. The third kappa shape index (κ3) is 4.21. The fraction of sp³-hybridized carbons (Fsp3) is 0.500. The second-order valence-electron chi connectivity index (χ2n) is 5.81. The third-order valence-electron chi connectivity index (χ3n) is 3.90. The topological polar surface area (TPSA) is 55.9 Å². The maximum atomic E-state index is 12.1. The van der Waals surface area contributed by atoms with Gasteiger partial charge in [-0.3, -0.25) is 9.59 Å². The summed E-state index contributed by atoms with van der Waals surface area (Å²) >= 11 is 0. The highest BCUT2D eigenvalue weighted by Gasteiger charge is 2.19. The Morgan fingerprint density at radius 2 is 1.68 bits per heavy atom. The van der Waals surface area contributed by atoms with E-state index in [1.54, 1.807) is 17.0 Å². The number of nitrogens with zero attached hydrogens (tertiary/aromatic N) is 3. The molecule has 1 aliphatic heterocycles. The molecular weight excluding hydrogens is 280 g/mol. The van der Waals surface area contributed by atoms with Crippen molar-refractivity contribution in [3.05, 3.63) is 29.8 Å². The molecule has 1 aliphatic rings. The Kier molecular flexibility index (Phi) is 5.38. The molecule has 1 saturated heterocycles. The van der Waals surface area contributed by atoms with Crippen molar-refractivity contribution in [2.45, 2.75) is 0 Å². The van der Waals surface area contributed by atoms with E-state index in [0.29, 0.717) is 5.56 Å². The number of nitrogens with one attached hydrogen (secondary N) is 1. The Morgan fingerprint density at radius 1 is 1.09 bits per heavy atom. The van der Waals surface area contributed by atoms with Crippen LogP contribution in [0.4, 0.5) is 5.69 Å². The molecule has 0 unspecified atom stereocenters. The van der Waals surface area contributed by atoms with Gasteiger partial charge in [-0.1, -0.05) is 0 Å². The van der Waals surface area contributed by atoms with Crippen LogP contribution in [0.2, 0.25) is 0 Å². The van der Waals surface area contributed by atoms with Crippen LogP contribution in [0.5, 0.6) is 0 Å². The van der Waals surface area contributed by atoms with Gasteiger partial charge in [0.05, 0.1) is 6.54 Å². The summed E-state index contributed by atoms with van der Waals surface area (Å²) in [5.41, 5.74) is 1.60. The van der Waals surface area contributed by atoms with Crippen molar-refractivity contribution in [2.75, 3.05) is 58.8 Å². The molecule has 0 radical (unpaired) electrons. The first-order valence-electron chi connectivity index (χ1n) is 7.49. The van der Waals surface area contributed by atoms with E-state index in [4.69, 9.17) is 0 Å². The van der Waals surface area contributed by atoms with Crippen LogP contribution in [0.15, 0.2) is 24.3 Å². The number of carbonyl (C=O) groups is 2. The highest BCUT2D eigenvalue weighted by molar-refractivity contribution is 5.96. The van der Waals surface area contributed by atoms with Gasteiger partial charge >= 0.3 is 0 Å². The molecule has 2 rings (SSSR count). The summed E-state index contributed by atoms with van der Waals surface area (Å²) < 4.78 is 0. The molecular formula is C16H24N4O2. The molecule has 22 heavy (non-hydrogen) atoms. The molecule has 120 valence electrons. The molecule has 1 heterocycles. The zero-order chi connectivity index (χ0) is 16.1. The number of rotatable bonds is 4. The average molecular weight is 304 g/mol. The maximum absolute atomic E-state index is 12.1. The van der Waals surface area contributed by atoms with Crippen molar-refractivity contribution in [2.24, 2.45) is 0 Å². The van der Waals surface area contributed by atoms with Gasteiger partial charge in [0.1, 0.15) is 0 Å². The van der Waals surface area contributed by atoms with Gasteiger partial charge in [-0.25, -0.2) is 0 Å². The van der Waals surface area contributed by atoms with Crippen molar-refractivity contribution in [3.63, 3.8) is 0 Å². The van der Waals surface area contributed by atoms with Crippen molar-refractivity contribution >= 4 is 17.5 Å². The van der Waals surface area contributed by atoms with Crippen LogP contribution in [-0.4, -0.2) is 75.5 Å². The quantitative estimate of drug-likeness (QED) is 0.867. The van der Waals surface area contributed by atoms with Crippen LogP contribution in [-0.2, 0) is 4.79 Å². The predicted octanol–water partition coefficient (Wildman–Crippen LogP) is 0.256. The lowest BCUT2D eigenvalue weighted by Crippen LogP contribution is -2.50. The van der Waals surface area contributed by atoms with Gasteiger partial charge in [-0.05, 0) is 31.3 Å². The van der Waals surface area contributed by atoms with Crippen LogP contribution >= 0.6 is 0 Å². The van der Waals surface area contributed by atoms with E-state index in [1.165, 1.54) is 0 Å². The number of anilines is 1. The Morgan fingerprint density at radius 3 is 2.23 bits per heavy atom. The first-order valence-corrected chi connectivity index (χ1v) is 7.49. The van der Waals surface area contributed by atoms with E-state index >= 15 is 0 Å². The Balaban J connectivity index is 1.83. The minimum atomic E-state index is -0.215. The third-order valence-corrected chi connectivity index (χ3v) is 3.90. The molecule has 1 aromatic rings. The van der Waals surface area contributed by atoms with Gasteiger partial charge in [0.15, 0.2) is 0 Å². The molecule has 0 aliphatic carbocycles. The average Bonchev–Trinajstić information content (AvgIpc) is 2.53. The van der Waals surface area contributed by atoms with Crippen molar-refractivity contribution in [3.8, 4) is 0 Å². The summed E-state index contributed by atoms with van der Waals surface area (Å²) in [6.07, 6.45) is 0. The van der Waals surface area contributed by atoms with E-state index in [2.05, 4.69) is 10.2 Å². The zero-order valence-corrected chi connectivity index (χ0v) is 13.5. The van der Waals surface area contributed by atoms with Gasteiger partial charge in [-0.15, -0.1) is 0 Å². The molecule has 1 N–H and O–H groups in total. The second-order valence-corrected chi connectivity index (χ2v) is 5.81. The monoisotopic (exact) mass is 304 g/mol. The minimum Gasteiger partial charge on any atom is -0.378 e.